The first kappa shape index (κ1) is 25.3. The molecule has 0 aromatic rings. The standard InChI is InChI=1S/C21H37NO5/c1-5-6-7-8-9-10-11-12-13-18(23)14-15-21(26)27-19(16-20(24)25)17-22(2,3)4/h9-12,18-19,23H,5-8,13-17H2,1-4H3/p+1/b10-9+,12-11+. The number of likely N-dealkylation sites (N-methyl/N-ethyl adjacent to an activating group) is 1. The highest BCUT2D eigenvalue weighted by molar-refractivity contribution is 5.71. The van der Waals surface area contributed by atoms with Crippen LogP contribution in [-0.2, 0) is 14.3 Å². The summed E-state index contributed by atoms with van der Waals surface area (Å²) in [6.07, 6.45) is 12.0. The van der Waals surface area contributed by atoms with Gasteiger partial charge in [0.05, 0.1) is 33.7 Å². The number of aliphatic hydroxyl groups excluding tert-OH is 1. The quantitative estimate of drug-likeness (QED) is 0.196. The average molecular weight is 385 g/mol. The molecule has 156 valence electrons. The monoisotopic (exact) mass is 384 g/mol. The second kappa shape index (κ2) is 14.4. The van der Waals surface area contributed by atoms with Crippen LogP contribution in [0.25, 0.3) is 0 Å². The largest absolute Gasteiger partial charge is 0.481 e. The summed E-state index contributed by atoms with van der Waals surface area (Å²) < 4.78 is 5.81. The Morgan fingerprint density at radius 3 is 2.37 bits per heavy atom. The van der Waals surface area contributed by atoms with Crippen LogP contribution in [0.15, 0.2) is 24.3 Å². The third kappa shape index (κ3) is 17.5. The van der Waals surface area contributed by atoms with Gasteiger partial charge in [-0.2, -0.15) is 0 Å². The van der Waals surface area contributed by atoms with Crippen LogP contribution < -0.4 is 0 Å². The molecule has 6 heteroatoms. The number of nitrogens with zero attached hydrogens (tertiary/aromatic N) is 1. The van der Waals surface area contributed by atoms with Crippen LogP contribution in [0.1, 0.15) is 58.3 Å². The van der Waals surface area contributed by atoms with Gasteiger partial charge in [-0.25, -0.2) is 0 Å². The fourth-order valence-electron chi connectivity index (χ4n) is 2.60. The molecule has 0 radical (unpaired) electrons. The first-order valence-corrected chi connectivity index (χ1v) is 9.85. The summed E-state index contributed by atoms with van der Waals surface area (Å²) in [6, 6.07) is 0. The fourth-order valence-corrected chi connectivity index (χ4v) is 2.60. The maximum absolute atomic E-state index is 12.0. The van der Waals surface area contributed by atoms with Gasteiger partial charge >= 0.3 is 11.9 Å². The maximum atomic E-state index is 12.0. The molecule has 27 heavy (non-hydrogen) atoms. The van der Waals surface area contributed by atoms with Crippen LogP contribution in [0.5, 0.6) is 0 Å². The third-order valence-electron chi connectivity index (χ3n) is 3.90. The Morgan fingerprint density at radius 2 is 1.78 bits per heavy atom. The molecule has 0 saturated carbocycles. The Labute approximate surface area is 164 Å². The first-order chi connectivity index (χ1) is 12.6. The molecule has 0 rings (SSSR count). The van der Waals surface area contributed by atoms with Crippen molar-refractivity contribution in [3.8, 4) is 0 Å². The lowest BCUT2D eigenvalue weighted by Crippen LogP contribution is -2.43. The topological polar surface area (TPSA) is 83.8 Å². The second-order valence-corrected chi connectivity index (χ2v) is 7.96. The number of hydrogen-bond acceptors (Lipinski definition) is 4. The highest BCUT2D eigenvalue weighted by Crippen LogP contribution is 2.10. The second-order valence-electron chi connectivity index (χ2n) is 7.96. The molecule has 0 fully saturated rings. The number of carboxylic acid groups (broad SMARTS) is 1. The predicted molar refractivity (Wildman–Crippen MR) is 107 cm³/mol. The summed E-state index contributed by atoms with van der Waals surface area (Å²) >= 11 is 0. The Balaban J connectivity index is 4.14. The molecule has 0 heterocycles. The van der Waals surface area contributed by atoms with Gasteiger partial charge in [-0.05, 0) is 25.7 Å². The van der Waals surface area contributed by atoms with E-state index in [-0.39, 0.29) is 12.8 Å². The predicted octanol–water partition coefficient (Wildman–Crippen LogP) is 3.30. The number of hydrogen-bond donors (Lipinski definition) is 2. The number of rotatable bonds is 15. The van der Waals surface area contributed by atoms with Crippen LogP contribution in [0.3, 0.4) is 0 Å². The van der Waals surface area contributed by atoms with Crippen molar-refractivity contribution >= 4 is 11.9 Å². The van der Waals surface area contributed by atoms with Gasteiger partial charge in [0.15, 0.2) is 6.10 Å². The highest BCUT2D eigenvalue weighted by atomic mass is 16.5. The highest BCUT2D eigenvalue weighted by Gasteiger charge is 2.24. The van der Waals surface area contributed by atoms with Crippen molar-refractivity contribution in [3.63, 3.8) is 0 Å². The third-order valence-corrected chi connectivity index (χ3v) is 3.90. The molecule has 0 aliphatic carbocycles. The van der Waals surface area contributed by atoms with Crippen LogP contribution in [-0.4, -0.2) is 66.5 Å². The maximum Gasteiger partial charge on any atom is 0.307 e. The lowest BCUT2D eigenvalue weighted by atomic mass is 10.1. The average Bonchev–Trinajstić information content (AvgIpc) is 2.53. The van der Waals surface area contributed by atoms with Gasteiger partial charge < -0.3 is 19.4 Å². The number of aliphatic hydroxyl groups is 1. The van der Waals surface area contributed by atoms with Crippen LogP contribution >= 0.6 is 0 Å². The normalized spacial score (nSPS) is 14.6. The molecule has 6 nitrogen and oxygen atoms in total. The summed E-state index contributed by atoms with van der Waals surface area (Å²) in [7, 11) is 5.74. The van der Waals surface area contributed by atoms with E-state index >= 15 is 0 Å². The minimum Gasteiger partial charge on any atom is -0.481 e. The van der Waals surface area contributed by atoms with Crippen molar-refractivity contribution in [1.29, 1.82) is 0 Å². The summed E-state index contributed by atoms with van der Waals surface area (Å²) in [4.78, 5) is 22.9. The molecule has 2 atom stereocenters. The number of aliphatic carboxylic acids is 1. The van der Waals surface area contributed by atoms with Crippen LogP contribution in [0, 0.1) is 0 Å². The van der Waals surface area contributed by atoms with E-state index in [1.165, 1.54) is 19.3 Å². The number of carbonyl (C=O) groups excluding carboxylic acids is 1. The number of carbonyl (C=O) groups is 2. The van der Waals surface area contributed by atoms with Crippen LogP contribution in [0.4, 0.5) is 0 Å². The summed E-state index contributed by atoms with van der Waals surface area (Å²) in [6.45, 7) is 2.60. The smallest absolute Gasteiger partial charge is 0.307 e. The molecule has 2 N–H and O–H groups in total. The molecule has 0 aromatic carbocycles. The molecule has 0 saturated heterocycles. The number of allylic oxidation sites excluding steroid dienone is 3. The van der Waals surface area contributed by atoms with Crippen molar-refractivity contribution < 1.29 is 29.0 Å². The number of esters is 1. The van der Waals surface area contributed by atoms with Gasteiger partial charge in [0.25, 0.3) is 0 Å². The zero-order valence-electron chi connectivity index (χ0n) is 17.4. The lowest BCUT2D eigenvalue weighted by Gasteiger charge is -2.28. The molecule has 2 unspecified atom stereocenters. The molecular weight excluding hydrogens is 346 g/mol. The van der Waals surface area contributed by atoms with E-state index in [1.54, 1.807) is 0 Å². The molecule has 0 aliphatic heterocycles. The Morgan fingerprint density at radius 1 is 1.11 bits per heavy atom. The van der Waals surface area contributed by atoms with Gasteiger partial charge in [0, 0.05) is 6.42 Å². The Hall–Kier alpha value is -1.66. The van der Waals surface area contributed by atoms with E-state index in [1.807, 2.05) is 39.4 Å². The molecular formula is C21H38NO5+. The van der Waals surface area contributed by atoms with E-state index in [0.717, 1.165) is 6.42 Å². The van der Waals surface area contributed by atoms with Gasteiger partial charge in [-0.15, -0.1) is 0 Å². The summed E-state index contributed by atoms with van der Waals surface area (Å²) in [5.74, 6) is -1.46. The number of ether oxygens (including phenoxy) is 1. The minimum atomic E-state index is -0.992. The van der Waals surface area contributed by atoms with Gasteiger partial charge in [0.1, 0.15) is 6.54 Å². The molecule has 0 amide bonds. The van der Waals surface area contributed by atoms with E-state index in [2.05, 4.69) is 13.0 Å². The zero-order valence-corrected chi connectivity index (χ0v) is 17.4. The van der Waals surface area contributed by atoms with E-state index in [4.69, 9.17) is 9.84 Å². The van der Waals surface area contributed by atoms with Gasteiger partial charge in [-0.1, -0.05) is 44.1 Å². The summed E-state index contributed by atoms with van der Waals surface area (Å²) in [5, 5.41) is 18.9. The van der Waals surface area contributed by atoms with Gasteiger partial charge in [0.2, 0.25) is 0 Å². The first-order valence-electron chi connectivity index (χ1n) is 9.85. The minimum absolute atomic E-state index is 0.0785. The van der Waals surface area contributed by atoms with Crippen molar-refractivity contribution in [2.75, 3.05) is 27.7 Å². The number of unbranched alkanes of at least 4 members (excludes halogenated alkanes) is 3. The van der Waals surface area contributed by atoms with Crippen molar-refractivity contribution in [2.45, 2.75) is 70.5 Å². The molecule has 0 aliphatic rings. The van der Waals surface area contributed by atoms with Crippen molar-refractivity contribution in [3.05, 3.63) is 24.3 Å². The number of carboxylic acids is 1. The van der Waals surface area contributed by atoms with Crippen molar-refractivity contribution in [1.82, 2.24) is 0 Å². The van der Waals surface area contributed by atoms with Gasteiger partial charge in [-0.3, -0.25) is 9.59 Å². The Kier molecular flexibility index (Phi) is 13.5. The zero-order chi connectivity index (χ0) is 20.7. The van der Waals surface area contributed by atoms with E-state index < -0.39 is 24.1 Å². The van der Waals surface area contributed by atoms with Crippen molar-refractivity contribution in [2.24, 2.45) is 0 Å². The summed E-state index contributed by atoms with van der Waals surface area (Å²) in [5.41, 5.74) is 0. The van der Waals surface area contributed by atoms with E-state index in [9.17, 15) is 14.7 Å². The lowest BCUT2D eigenvalue weighted by molar-refractivity contribution is -0.873. The molecule has 0 aromatic heterocycles. The molecule has 0 bridgehead atoms. The molecule has 0 spiro atoms. The SMILES string of the molecule is CCCCC/C=C/C=C/CC(O)CCC(=O)OC(CC(=O)O)C[N+](C)(C)C. The van der Waals surface area contributed by atoms with Crippen LogP contribution in [0.2, 0.25) is 0 Å². The fraction of sp³-hybridized carbons (Fsp3) is 0.714. The number of quaternary nitrogens is 1. The van der Waals surface area contributed by atoms with E-state index in [0.29, 0.717) is 23.9 Å². The Bertz CT molecular complexity index is 479.